The second-order valence-electron chi connectivity index (χ2n) is 9.97. The molecule has 0 saturated carbocycles. The Morgan fingerprint density at radius 3 is 2.70 bits per heavy atom. The SMILES string of the molecule is COc1cc(C(=O)N[C@@H]2CCNC[C@H]2OC)c(F)cc1Nc1ncc(C(F)(F)F)c(Oc2cccc3c2C(=O)N(C)C3)n1. The number of carbonyl (C=O) groups is 2. The molecular formula is C28H28F4N6O5. The number of anilines is 2. The molecule has 43 heavy (non-hydrogen) atoms. The van der Waals surface area contributed by atoms with E-state index in [-0.39, 0.29) is 53.0 Å². The molecule has 11 nitrogen and oxygen atoms in total. The first kappa shape index (κ1) is 30.0. The average Bonchev–Trinajstić information content (AvgIpc) is 3.26. The summed E-state index contributed by atoms with van der Waals surface area (Å²) < 4.78 is 73.0. The Kier molecular flexibility index (Phi) is 8.37. The van der Waals surface area contributed by atoms with Crippen LogP contribution in [0.4, 0.5) is 29.2 Å². The van der Waals surface area contributed by atoms with E-state index in [1.165, 1.54) is 25.2 Å². The van der Waals surface area contributed by atoms with Crippen LogP contribution in [0.2, 0.25) is 0 Å². The first-order chi connectivity index (χ1) is 20.5. The molecule has 1 aromatic heterocycles. The van der Waals surface area contributed by atoms with Crippen molar-refractivity contribution in [2.45, 2.75) is 31.3 Å². The fourth-order valence-corrected chi connectivity index (χ4v) is 4.96. The van der Waals surface area contributed by atoms with Crippen molar-refractivity contribution in [2.75, 3.05) is 39.7 Å². The molecule has 2 atom stereocenters. The largest absolute Gasteiger partial charge is 0.495 e. The topological polar surface area (TPSA) is 127 Å². The van der Waals surface area contributed by atoms with Gasteiger partial charge >= 0.3 is 6.18 Å². The number of methoxy groups -OCH3 is 2. The van der Waals surface area contributed by atoms with Gasteiger partial charge in [-0.15, -0.1) is 0 Å². The zero-order valence-corrected chi connectivity index (χ0v) is 23.3. The Balaban J connectivity index is 1.43. The highest BCUT2D eigenvalue weighted by Crippen LogP contribution is 2.40. The van der Waals surface area contributed by atoms with Gasteiger partial charge in [0.1, 0.15) is 22.9 Å². The van der Waals surface area contributed by atoms with Crippen molar-refractivity contribution in [1.29, 1.82) is 0 Å². The summed E-state index contributed by atoms with van der Waals surface area (Å²) in [5.41, 5.74) is -0.928. The standard InChI is InChI=1S/C28H28F4N6O5/c1-38-13-14-5-4-6-20(23(14)26(38)40)43-25-16(28(30,31)32)11-34-27(37-25)36-19-10-17(29)15(9-21(19)41-2)24(39)35-18-7-8-33-12-22(18)42-3/h4-6,9-11,18,22,33H,7-8,12-13H2,1-3H3,(H,35,39)(H,34,36,37)/t18-,22-/m1/s1. The molecule has 0 radical (unpaired) electrons. The van der Waals surface area contributed by atoms with E-state index in [1.54, 1.807) is 19.2 Å². The van der Waals surface area contributed by atoms with Crippen LogP contribution in [0.3, 0.4) is 0 Å². The molecule has 15 heteroatoms. The van der Waals surface area contributed by atoms with Crippen LogP contribution in [-0.2, 0) is 17.5 Å². The Hall–Kier alpha value is -4.50. The molecule has 2 aliphatic rings. The van der Waals surface area contributed by atoms with Crippen molar-refractivity contribution in [3.8, 4) is 17.4 Å². The summed E-state index contributed by atoms with van der Waals surface area (Å²) in [6.07, 6.45) is -4.10. The Bertz CT molecular complexity index is 1550. The van der Waals surface area contributed by atoms with E-state index in [0.717, 1.165) is 12.1 Å². The van der Waals surface area contributed by atoms with Gasteiger partial charge in [0.2, 0.25) is 11.8 Å². The highest BCUT2D eigenvalue weighted by Gasteiger charge is 2.38. The average molecular weight is 605 g/mol. The highest BCUT2D eigenvalue weighted by molar-refractivity contribution is 6.01. The van der Waals surface area contributed by atoms with E-state index >= 15 is 4.39 Å². The van der Waals surface area contributed by atoms with E-state index < -0.39 is 35.3 Å². The molecule has 3 N–H and O–H groups in total. The van der Waals surface area contributed by atoms with Crippen molar-refractivity contribution < 1.29 is 41.4 Å². The second-order valence-corrected chi connectivity index (χ2v) is 9.97. The van der Waals surface area contributed by atoms with Crippen LogP contribution in [0.25, 0.3) is 0 Å². The van der Waals surface area contributed by atoms with Gasteiger partial charge in [-0.25, -0.2) is 9.37 Å². The first-order valence-electron chi connectivity index (χ1n) is 13.2. The molecule has 1 fully saturated rings. The molecule has 2 aromatic carbocycles. The van der Waals surface area contributed by atoms with Crippen molar-refractivity contribution in [3.05, 3.63) is 64.6 Å². The molecule has 2 amide bonds. The minimum atomic E-state index is -4.89. The molecule has 228 valence electrons. The van der Waals surface area contributed by atoms with Crippen molar-refractivity contribution in [3.63, 3.8) is 0 Å². The lowest BCUT2D eigenvalue weighted by Gasteiger charge is -2.31. The molecule has 0 unspecified atom stereocenters. The summed E-state index contributed by atoms with van der Waals surface area (Å²) in [7, 11) is 4.36. The first-order valence-corrected chi connectivity index (χ1v) is 13.2. The maximum absolute atomic E-state index is 15.2. The van der Waals surface area contributed by atoms with E-state index in [1.807, 2.05) is 0 Å². The number of amides is 2. The zero-order valence-electron chi connectivity index (χ0n) is 23.3. The van der Waals surface area contributed by atoms with Gasteiger partial charge in [-0.3, -0.25) is 9.59 Å². The molecule has 0 spiro atoms. The maximum Gasteiger partial charge on any atom is 0.423 e. The third kappa shape index (κ3) is 6.17. The smallest absolute Gasteiger partial charge is 0.423 e. The van der Waals surface area contributed by atoms with Crippen LogP contribution < -0.4 is 25.4 Å². The Morgan fingerprint density at radius 1 is 1.19 bits per heavy atom. The zero-order chi connectivity index (χ0) is 30.9. The predicted octanol–water partition coefficient (Wildman–Crippen LogP) is 3.87. The molecule has 1 saturated heterocycles. The van der Waals surface area contributed by atoms with Gasteiger partial charge < -0.3 is 35.1 Å². The van der Waals surface area contributed by atoms with Gasteiger partial charge in [0.05, 0.1) is 36.1 Å². The number of nitrogens with zero attached hydrogens (tertiary/aromatic N) is 3. The number of rotatable bonds is 8. The summed E-state index contributed by atoms with van der Waals surface area (Å²) >= 11 is 0. The number of piperidine rings is 1. The predicted molar refractivity (Wildman–Crippen MR) is 145 cm³/mol. The number of alkyl halides is 3. The van der Waals surface area contributed by atoms with Crippen LogP contribution in [0.15, 0.2) is 36.5 Å². The van der Waals surface area contributed by atoms with Gasteiger partial charge in [-0.1, -0.05) is 12.1 Å². The number of ether oxygens (including phenoxy) is 3. The Morgan fingerprint density at radius 2 is 1.98 bits per heavy atom. The number of benzene rings is 2. The van der Waals surface area contributed by atoms with Crippen molar-refractivity contribution in [1.82, 2.24) is 25.5 Å². The second kappa shape index (κ2) is 12.0. The summed E-state index contributed by atoms with van der Waals surface area (Å²) in [4.78, 5) is 34.6. The number of hydrogen-bond acceptors (Lipinski definition) is 9. The van der Waals surface area contributed by atoms with Crippen LogP contribution >= 0.6 is 0 Å². The molecule has 3 heterocycles. The Labute approximate surface area is 243 Å². The van der Waals surface area contributed by atoms with Gasteiger partial charge in [0, 0.05) is 39.5 Å². The lowest BCUT2D eigenvalue weighted by atomic mass is 10.0. The van der Waals surface area contributed by atoms with Gasteiger partial charge in [0.15, 0.2) is 0 Å². The minimum absolute atomic E-state index is 0.000585. The number of halogens is 4. The van der Waals surface area contributed by atoms with Crippen LogP contribution in [0, 0.1) is 5.82 Å². The normalized spacial score (nSPS) is 18.3. The summed E-state index contributed by atoms with van der Waals surface area (Å²) in [5, 5.41) is 8.56. The van der Waals surface area contributed by atoms with Crippen LogP contribution in [-0.4, -0.2) is 73.2 Å². The summed E-state index contributed by atoms with van der Waals surface area (Å²) in [6.45, 7) is 1.45. The number of hydrogen-bond donors (Lipinski definition) is 3. The highest BCUT2D eigenvalue weighted by atomic mass is 19.4. The van der Waals surface area contributed by atoms with Crippen LogP contribution in [0.1, 0.15) is 38.3 Å². The lowest BCUT2D eigenvalue weighted by Crippen LogP contribution is -2.53. The number of carbonyl (C=O) groups excluding carboxylic acids is 2. The fraction of sp³-hybridized carbons (Fsp3) is 0.357. The van der Waals surface area contributed by atoms with Gasteiger partial charge in [-0.2, -0.15) is 18.2 Å². The molecule has 5 rings (SSSR count). The summed E-state index contributed by atoms with van der Waals surface area (Å²) in [5.74, 6) is -3.37. The van der Waals surface area contributed by atoms with Crippen molar-refractivity contribution >= 4 is 23.5 Å². The van der Waals surface area contributed by atoms with E-state index in [9.17, 15) is 22.8 Å². The molecule has 0 aliphatic carbocycles. The van der Waals surface area contributed by atoms with E-state index in [0.29, 0.717) is 31.3 Å². The third-order valence-corrected chi connectivity index (χ3v) is 7.17. The molecular weight excluding hydrogens is 576 g/mol. The van der Waals surface area contributed by atoms with Crippen molar-refractivity contribution in [2.24, 2.45) is 0 Å². The quantitative estimate of drug-likeness (QED) is 0.329. The number of fused-ring (bicyclic) bond motifs is 1. The molecule has 3 aromatic rings. The van der Waals surface area contributed by atoms with E-state index in [2.05, 4.69) is 25.9 Å². The minimum Gasteiger partial charge on any atom is -0.495 e. The molecule has 0 bridgehead atoms. The lowest BCUT2D eigenvalue weighted by molar-refractivity contribution is -0.139. The summed E-state index contributed by atoms with van der Waals surface area (Å²) in [6, 6.07) is 6.36. The van der Waals surface area contributed by atoms with Crippen LogP contribution in [0.5, 0.6) is 17.4 Å². The van der Waals surface area contributed by atoms with E-state index in [4.69, 9.17) is 14.2 Å². The fourth-order valence-electron chi connectivity index (χ4n) is 4.96. The number of nitrogens with one attached hydrogen (secondary N) is 3. The number of aromatic nitrogens is 2. The molecule has 2 aliphatic heterocycles. The van der Waals surface area contributed by atoms with Gasteiger partial charge in [-0.05, 0) is 30.7 Å². The monoisotopic (exact) mass is 604 g/mol. The van der Waals surface area contributed by atoms with Gasteiger partial charge in [0.25, 0.3) is 11.8 Å². The third-order valence-electron chi connectivity index (χ3n) is 7.17. The maximum atomic E-state index is 15.2.